The van der Waals surface area contributed by atoms with E-state index in [1.54, 1.807) is 6.20 Å². The molecule has 0 saturated heterocycles. The summed E-state index contributed by atoms with van der Waals surface area (Å²) in [5, 5.41) is 0. The highest BCUT2D eigenvalue weighted by molar-refractivity contribution is 5.77. The third kappa shape index (κ3) is 1.57. The van der Waals surface area contributed by atoms with Crippen LogP contribution in [0.3, 0.4) is 0 Å². The third-order valence-corrected chi connectivity index (χ3v) is 2.06. The SMILES string of the molecule is Cc1cc(-c2c[nH]c(C=O)c2)ccn1. The number of carbonyl (C=O) groups excluding carboxylic acids is 1. The number of H-pyrrole nitrogens is 1. The molecule has 2 heterocycles. The molecule has 0 fully saturated rings. The van der Waals surface area contributed by atoms with E-state index in [0.717, 1.165) is 23.1 Å². The molecule has 2 aromatic heterocycles. The Morgan fingerprint density at radius 1 is 1.36 bits per heavy atom. The highest BCUT2D eigenvalue weighted by Crippen LogP contribution is 2.19. The van der Waals surface area contributed by atoms with E-state index in [1.807, 2.05) is 31.3 Å². The second kappa shape index (κ2) is 3.46. The topological polar surface area (TPSA) is 45.8 Å². The van der Waals surface area contributed by atoms with E-state index in [9.17, 15) is 4.79 Å². The molecule has 0 aliphatic carbocycles. The van der Waals surface area contributed by atoms with Gasteiger partial charge < -0.3 is 4.98 Å². The van der Waals surface area contributed by atoms with E-state index in [2.05, 4.69) is 9.97 Å². The van der Waals surface area contributed by atoms with Crippen molar-refractivity contribution in [3.8, 4) is 11.1 Å². The van der Waals surface area contributed by atoms with Crippen LogP contribution in [0.2, 0.25) is 0 Å². The van der Waals surface area contributed by atoms with E-state index in [-0.39, 0.29) is 0 Å². The third-order valence-electron chi connectivity index (χ3n) is 2.06. The molecule has 1 N–H and O–H groups in total. The van der Waals surface area contributed by atoms with Gasteiger partial charge in [-0.1, -0.05) is 0 Å². The van der Waals surface area contributed by atoms with Crippen molar-refractivity contribution >= 4 is 6.29 Å². The van der Waals surface area contributed by atoms with Crippen LogP contribution in [-0.4, -0.2) is 16.3 Å². The van der Waals surface area contributed by atoms with Crippen molar-refractivity contribution in [1.29, 1.82) is 0 Å². The number of nitrogens with zero attached hydrogens (tertiary/aromatic N) is 1. The van der Waals surface area contributed by atoms with Crippen LogP contribution in [0, 0.1) is 6.92 Å². The zero-order valence-electron chi connectivity index (χ0n) is 7.82. The molecule has 3 nitrogen and oxygen atoms in total. The van der Waals surface area contributed by atoms with Gasteiger partial charge in [-0.3, -0.25) is 9.78 Å². The van der Waals surface area contributed by atoms with Crippen molar-refractivity contribution in [2.24, 2.45) is 0 Å². The molecule has 0 amide bonds. The Labute approximate surface area is 81.8 Å². The number of nitrogens with one attached hydrogen (secondary N) is 1. The molecule has 0 aliphatic heterocycles. The van der Waals surface area contributed by atoms with E-state index < -0.39 is 0 Å². The maximum absolute atomic E-state index is 10.5. The predicted octanol–water partition coefficient (Wildman–Crippen LogP) is 2.20. The van der Waals surface area contributed by atoms with Gasteiger partial charge in [-0.05, 0) is 36.2 Å². The molecule has 0 unspecified atom stereocenters. The van der Waals surface area contributed by atoms with Gasteiger partial charge in [-0.15, -0.1) is 0 Å². The van der Waals surface area contributed by atoms with Crippen molar-refractivity contribution in [1.82, 2.24) is 9.97 Å². The second-order valence-electron chi connectivity index (χ2n) is 3.15. The molecule has 0 aromatic carbocycles. The van der Waals surface area contributed by atoms with Crippen molar-refractivity contribution in [2.45, 2.75) is 6.92 Å². The monoisotopic (exact) mass is 186 g/mol. The van der Waals surface area contributed by atoms with Crippen LogP contribution in [0.15, 0.2) is 30.6 Å². The molecule has 2 aromatic rings. The lowest BCUT2D eigenvalue weighted by Gasteiger charge is -1.97. The number of pyridine rings is 1. The van der Waals surface area contributed by atoms with Crippen molar-refractivity contribution in [2.75, 3.05) is 0 Å². The summed E-state index contributed by atoms with van der Waals surface area (Å²) < 4.78 is 0. The van der Waals surface area contributed by atoms with Gasteiger partial charge in [0.2, 0.25) is 0 Å². The summed E-state index contributed by atoms with van der Waals surface area (Å²) in [4.78, 5) is 17.5. The van der Waals surface area contributed by atoms with Gasteiger partial charge in [-0.25, -0.2) is 0 Å². The van der Waals surface area contributed by atoms with E-state index in [0.29, 0.717) is 5.69 Å². The summed E-state index contributed by atoms with van der Waals surface area (Å²) in [6, 6.07) is 5.73. The van der Waals surface area contributed by atoms with Gasteiger partial charge in [0.1, 0.15) is 0 Å². The summed E-state index contributed by atoms with van der Waals surface area (Å²) >= 11 is 0. The Hall–Kier alpha value is -1.90. The fraction of sp³-hybridized carbons (Fsp3) is 0.0909. The van der Waals surface area contributed by atoms with Crippen LogP contribution >= 0.6 is 0 Å². The quantitative estimate of drug-likeness (QED) is 0.731. The first-order chi connectivity index (χ1) is 6.79. The fourth-order valence-corrected chi connectivity index (χ4v) is 1.37. The van der Waals surface area contributed by atoms with Crippen molar-refractivity contribution in [3.05, 3.63) is 42.0 Å². The smallest absolute Gasteiger partial charge is 0.166 e. The minimum Gasteiger partial charge on any atom is -0.358 e. The van der Waals surface area contributed by atoms with Crippen LogP contribution in [0.1, 0.15) is 16.2 Å². The number of aldehydes is 1. The summed E-state index contributed by atoms with van der Waals surface area (Å²) in [6.07, 6.45) is 4.38. The highest BCUT2D eigenvalue weighted by Gasteiger charge is 2.01. The fourth-order valence-electron chi connectivity index (χ4n) is 1.37. The normalized spacial score (nSPS) is 10.1. The lowest BCUT2D eigenvalue weighted by Crippen LogP contribution is -1.80. The van der Waals surface area contributed by atoms with Gasteiger partial charge in [0, 0.05) is 18.1 Å². The number of carbonyl (C=O) groups is 1. The number of aromatic amines is 1. The molecular formula is C11H10N2O. The second-order valence-corrected chi connectivity index (χ2v) is 3.15. The summed E-state index contributed by atoms with van der Waals surface area (Å²) in [6.45, 7) is 1.94. The lowest BCUT2D eigenvalue weighted by atomic mass is 10.1. The average Bonchev–Trinajstić information content (AvgIpc) is 2.66. The van der Waals surface area contributed by atoms with Gasteiger partial charge in [0.15, 0.2) is 6.29 Å². The molecule has 3 heteroatoms. The Bertz CT molecular complexity index is 460. The molecular weight excluding hydrogens is 176 g/mol. The molecule has 0 bridgehead atoms. The number of aryl methyl sites for hydroxylation is 1. The Balaban J connectivity index is 2.43. The number of hydrogen-bond donors (Lipinski definition) is 1. The first-order valence-corrected chi connectivity index (χ1v) is 4.36. The average molecular weight is 186 g/mol. The summed E-state index contributed by atoms with van der Waals surface area (Å²) in [5.74, 6) is 0. The predicted molar refractivity (Wildman–Crippen MR) is 54.1 cm³/mol. The molecule has 0 radical (unpaired) electrons. The molecule has 0 spiro atoms. The number of aromatic nitrogens is 2. The lowest BCUT2D eigenvalue weighted by molar-refractivity contribution is 0.111. The minimum atomic E-state index is 0.592. The summed E-state index contributed by atoms with van der Waals surface area (Å²) in [7, 11) is 0. The standard InChI is InChI=1S/C11H10N2O/c1-8-4-9(2-3-12-8)10-5-11(7-14)13-6-10/h2-7,13H,1H3. The summed E-state index contributed by atoms with van der Waals surface area (Å²) in [5.41, 5.74) is 3.64. The highest BCUT2D eigenvalue weighted by atomic mass is 16.1. The molecule has 2 rings (SSSR count). The Kier molecular flexibility index (Phi) is 2.14. The van der Waals surface area contributed by atoms with Gasteiger partial charge >= 0.3 is 0 Å². The Morgan fingerprint density at radius 3 is 2.86 bits per heavy atom. The van der Waals surface area contributed by atoms with E-state index in [4.69, 9.17) is 0 Å². The van der Waals surface area contributed by atoms with E-state index in [1.165, 1.54) is 0 Å². The molecule has 0 aliphatic rings. The first kappa shape index (κ1) is 8.69. The first-order valence-electron chi connectivity index (χ1n) is 4.36. The van der Waals surface area contributed by atoms with Crippen LogP contribution < -0.4 is 0 Å². The van der Waals surface area contributed by atoms with Crippen molar-refractivity contribution < 1.29 is 4.79 Å². The van der Waals surface area contributed by atoms with Gasteiger partial charge in [0.25, 0.3) is 0 Å². The van der Waals surface area contributed by atoms with Crippen LogP contribution in [0.25, 0.3) is 11.1 Å². The number of rotatable bonds is 2. The van der Waals surface area contributed by atoms with E-state index >= 15 is 0 Å². The molecule has 14 heavy (non-hydrogen) atoms. The van der Waals surface area contributed by atoms with Crippen molar-refractivity contribution in [3.63, 3.8) is 0 Å². The molecule has 0 saturated carbocycles. The largest absolute Gasteiger partial charge is 0.358 e. The zero-order chi connectivity index (χ0) is 9.97. The van der Waals surface area contributed by atoms with Crippen LogP contribution in [0.5, 0.6) is 0 Å². The maximum Gasteiger partial charge on any atom is 0.166 e. The van der Waals surface area contributed by atoms with Crippen LogP contribution in [-0.2, 0) is 0 Å². The Morgan fingerprint density at radius 2 is 2.21 bits per heavy atom. The van der Waals surface area contributed by atoms with Crippen LogP contribution in [0.4, 0.5) is 0 Å². The maximum atomic E-state index is 10.5. The molecule has 70 valence electrons. The zero-order valence-corrected chi connectivity index (χ0v) is 7.82. The molecule has 0 atom stereocenters. The van der Waals surface area contributed by atoms with Gasteiger partial charge in [0.05, 0.1) is 5.69 Å². The minimum absolute atomic E-state index is 0.592. The number of hydrogen-bond acceptors (Lipinski definition) is 2. The van der Waals surface area contributed by atoms with Gasteiger partial charge in [-0.2, -0.15) is 0 Å².